The lowest BCUT2D eigenvalue weighted by Crippen LogP contribution is -2.42. The number of hydrogen-bond donors (Lipinski definition) is 2. The van der Waals surface area contributed by atoms with Gasteiger partial charge in [-0.25, -0.2) is 4.79 Å². The first-order valence-corrected chi connectivity index (χ1v) is 8.38. The van der Waals surface area contributed by atoms with Crippen LogP contribution in [0.5, 0.6) is 0 Å². The van der Waals surface area contributed by atoms with Gasteiger partial charge in [0.2, 0.25) is 0 Å². The summed E-state index contributed by atoms with van der Waals surface area (Å²) in [5, 5.41) is 6.53. The topological polar surface area (TPSA) is 59.6 Å². The van der Waals surface area contributed by atoms with Crippen LogP contribution in [0.15, 0.2) is 0 Å². The van der Waals surface area contributed by atoms with Gasteiger partial charge in [-0.1, -0.05) is 6.42 Å². The second-order valence-corrected chi connectivity index (χ2v) is 7.85. The zero-order valence-electron chi connectivity index (χ0n) is 15.1. The van der Waals surface area contributed by atoms with Gasteiger partial charge in [0.1, 0.15) is 5.60 Å². The van der Waals surface area contributed by atoms with Crippen LogP contribution in [-0.2, 0) is 9.47 Å². The van der Waals surface area contributed by atoms with Crippen molar-refractivity contribution >= 4 is 6.09 Å². The number of carbonyl (C=O) groups excluding carboxylic acids is 1. The van der Waals surface area contributed by atoms with E-state index in [0.717, 1.165) is 19.4 Å². The number of hydrogen-bond acceptors (Lipinski definition) is 4. The number of alkyl carbamates (subject to hydrolysis) is 1. The van der Waals surface area contributed by atoms with E-state index in [2.05, 4.69) is 24.5 Å². The van der Waals surface area contributed by atoms with Crippen LogP contribution < -0.4 is 10.6 Å². The highest BCUT2D eigenvalue weighted by Crippen LogP contribution is 2.25. The molecule has 1 aliphatic carbocycles. The Balaban J connectivity index is 2.30. The largest absolute Gasteiger partial charge is 0.444 e. The van der Waals surface area contributed by atoms with Gasteiger partial charge in [-0.05, 0) is 66.3 Å². The summed E-state index contributed by atoms with van der Waals surface area (Å²) in [6.07, 6.45) is 4.20. The van der Waals surface area contributed by atoms with E-state index in [4.69, 9.17) is 9.47 Å². The molecule has 2 unspecified atom stereocenters. The van der Waals surface area contributed by atoms with E-state index in [-0.39, 0.29) is 11.7 Å². The Morgan fingerprint density at radius 3 is 2.45 bits per heavy atom. The summed E-state index contributed by atoms with van der Waals surface area (Å²) >= 11 is 0. The van der Waals surface area contributed by atoms with Crippen LogP contribution >= 0.6 is 0 Å². The molecule has 1 saturated carbocycles. The minimum atomic E-state index is -0.441. The van der Waals surface area contributed by atoms with Crippen LogP contribution in [0, 0.1) is 5.92 Å². The third-order valence-corrected chi connectivity index (χ3v) is 4.25. The van der Waals surface area contributed by atoms with Crippen molar-refractivity contribution in [1.82, 2.24) is 10.6 Å². The first-order chi connectivity index (χ1) is 10.1. The number of amides is 1. The maximum atomic E-state index is 11.7. The van der Waals surface area contributed by atoms with Crippen LogP contribution in [0.3, 0.4) is 0 Å². The summed E-state index contributed by atoms with van der Waals surface area (Å²) in [5.74, 6) is 0.484. The molecular weight excluding hydrogens is 280 g/mol. The van der Waals surface area contributed by atoms with Crippen LogP contribution in [0.4, 0.5) is 4.79 Å². The Morgan fingerprint density at radius 1 is 1.18 bits per heavy atom. The molecule has 5 heteroatoms. The number of rotatable bonds is 7. The van der Waals surface area contributed by atoms with Gasteiger partial charge in [0.25, 0.3) is 0 Å². The Bertz CT molecular complexity index is 350. The zero-order chi connectivity index (χ0) is 16.8. The van der Waals surface area contributed by atoms with E-state index in [0.29, 0.717) is 18.5 Å². The highest BCUT2D eigenvalue weighted by Gasteiger charge is 2.28. The first kappa shape index (κ1) is 19.2. The van der Waals surface area contributed by atoms with Gasteiger partial charge in [-0.2, -0.15) is 0 Å². The molecule has 5 nitrogen and oxygen atoms in total. The van der Waals surface area contributed by atoms with Crippen LogP contribution in [0.1, 0.15) is 60.3 Å². The van der Waals surface area contributed by atoms with Crippen LogP contribution in [0.25, 0.3) is 0 Å². The van der Waals surface area contributed by atoms with Gasteiger partial charge in [-0.3, -0.25) is 0 Å². The Morgan fingerprint density at radius 2 is 1.86 bits per heavy atom. The van der Waals surface area contributed by atoms with Crippen molar-refractivity contribution in [2.45, 2.75) is 77.5 Å². The summed E-state index contributed by atoms with van der Waals surface area (Å²) in [6.45, 7) is 11.5. The molecule has 0 aromatic carbocycles. The molecule has 0 radical (unpaired) electrons. The van der Waals surface area contributed by atoms with E-state index in [1.54, 1.807) is 7.11 Å². The average Bonchev–Trinajstić information content (AvgIpc) is 2.82. The van der Waals surface area contributed by atoms with Crippen molar-refractivity contribution in [3.63, 3.8) is 0 Å². The number of ether oxygens (including phenoxy) is 2. The summed E-state index contributed by atoms with van der Waals surface area (Å²) in [4.78, 5) is 11.7. The molecule has 0 heterocycles. The van der Waals surface area contributed by atoms with Crippen molar-refractivity contribution < 1.29 is 14.3 Å². The summed E-state index contributed by atoms with van der Waals surface area (Å²) in [6, 6.07) is 0.475. The third kappa shape index (κ3) is 7.45. The minimum Gasteiger partial charge on any atom is -0.444 e. The smallest absolute Gasteiger partial charge is 0.407 e. The molecule has 0 aromatic heterocycles. The summed E-state index contributed by atoms with van der Waals surface area (Å²) in [5.41, 5.74) is -0.529. The monoisotopic (exact) mass is 314 g/mol. The van der Waals surface area contributed by atoms with Gasteiger partial charge < -0.3 is 20.1 Å². The lowest BCUT2D eigenvalue weighted by molar-refractivity contribution is 0.0151. The molecule has 1 amide bonds. The normalized spacial score (nSPS) is 22.6. The second kappa shape index (κ2) is 8.16. The Kier molecular flexibility index (Phi) is 7.13. The van der Waals surface area contributed by atoms with Crippen molar-refractivity contribution in [2.75, 3.05) is 20.2 Å². The molecular formula is C17H34N2O3. The van der Waals surface area contributed by atoms with Gasteiger partial charge in [0, 0.05) is 19.7 Å². The van der Waals surface area contributed by atoms with E-state index < -0.39 is 5.60 Å². The molecule has 0 aliphatic heterocycles. The maximum Gasteiger partial charge on any atom is 0.407 e. The highest BCUT2D eigenvalue weighted by molar-refractivity contribution is 5.67. The number of nitrogens with one attached hydrogen (secondary N) is 2. The molecule has 130 valence electrons. The van der Waals surface area contributed by atoms with E-state index in [1.807, 2.05) is 20.8 Å². The Hall–Kier alpha value is -0.810. The van der Waals surface area contributed by atoms with E-state index in [1.165, 1.54) is 12.8 Å². The summed E-state index contributed by atoms with van der Waals surface area (Å²) < 4.78 is 10.7. The quantitative estimate of drug-likeness (QED) is 0.758. The van der Waals surface area contributed by atoms with Gasteiger partial charge >= 0.3 is 6.09 Å². The molecule has 0 spiro atoms. The third-order valence-electron chi connectivity index (χ3n) is 4.25. The molecule has 2 atom stereocenters. The van der Waals surface area contributed by atoms with Crippen LogP contribution in [-0.4, -0.2) is 43.5 Å². The van der Waals surface area contributed by atoms with Crippen molar-refractivity contribution in [1.29, 1.82) is 0 Å². The average molecular weight is 314 g/mol. The lowest BCUT2D eigenvalue weighted by Gasteiger charge is -2.26. The van der Waals surface area contributed by atoms with Gasteiger partial charge in [0.05, 0.1) is 5.60 Å². The number of methoxy groups -OCH3 is 1. The Labute approximate surface area is 135 Å². The SMILES string of the molecule is COC(C)(C)CCNC1CCCC1CNC(=O)OC(C)(C)C. The molecule has 1 fully saturated rings. The first-order valence-electron chi connectivity index (χ1n) is 8.38. The molecule has 1 aliphatic rings. The van der Waals surface area contributed by atoms with Crippen molar-refractivity contribution in [3.8, 4) is 0 Å². The summed E-state index contributed by atoms with van der Waals surface area (Å²) in [7, 11) is 1.75. The van der Waals surface area contributed by atoms with E-state index >= 15 is 0 Å². The fraction of sp³-hybridized carbons (Fsp3) is 0.941. The standard InChI is InChI=1S/C17H34N2O3/c1-16(2,3)22-15(20)19-12-13-8-7-9-14(13)18-11-10-17(4,5)21-6/h13-14,18H,7-12H2,1-6H3,(H,19,20). The lowest BCUT2D eigenvalue weighted by atomic mass is 10.0. The van der Waals surface area contributed by atoms with E-state index in [9.17, 15) is 4.79 Å². The highest BCUT2D eigenvalue weighted by atomic mass is 16.6. The molecule has 1 rings (SSSR count). The molecule has 22 heavy (non-hydrogen) atoms. The number of carbonyl (C=O) groups is 1. The zero-order valence-corrected chi connectivity index (χ0v) is 15.1. The fourth-order valence-corrected chi connectivity index (χ4v) is 2.74. The molecule has 0 saturated heterocycles. The van der Waals surface area contributed by atoms with Crippen molar-refractivity contribution in [2.24, 2.45) is 5.92 Å². The minimum absolute atomic E-state index is 0.0874. The maximum absolute atomic E-state index is 11.7. The predicted octanol–water partition coefficient (Wildman–Crippen LogP) is 3.08. The van der Waals surface area contributed by atoms with Crippen molar-refractivity contribution in [3.05, 3.63) is 0 Å². The predicted molar refractivity (Wildman–Crippen MR) is 89.1 cm³/mol. The van der Waals surface area contributed by atoms with Gasteiger partial charge in [-0.15, -0.1) is 0 Å². The molecule has 2 N–H and O–H groups in total. The fourth-order valence-electron chi connectivity index (χ4n) is 2.74. The van der Waals surface area contributed by atoms with Gasteiger partial charge in [0.15, 0.2) is 0 Å². The molecule has 0 aromatic rings. The molecule has 0 bridgehead atoms. The second-order valence-electron chi connectivity index (χ2n) is 7.85. The van der Waals surface area contributed by atoms with Crippen LogP contribution in [0.2, 0.25) is 0 Å².